The molecule has 0 amide bonds. The number of nitriles is 1. The number of imidazole rings is 1. The predicted octanol–water partition coefficient (Wildman–Crippen LogP) is 5.08. The number of allylic oxidation sites excluding steroid dienone is 1. The molecule has 30 heavy (non-hydrogen) atoms. The fourth-order valence-corrected chi connectivity index (χ4v) is 3.50. The van der Waals surface area contributed by atoms with Gasteiger partial charge >= 0.3 is 0 Å². The monoisotopic (exact) mass is 401 g/mol. The van der Waals surface area contributed by atoms with Gasteiger partial charge in [0.15, 0.2) is 0 Å². The molecule has 0 spiro atoms. The Kier molecular flexibility index (Phi) is 4.64. The number of nitrogens with one attached hydrogen (secondary N) is 1. The van der Waals surface area contributed by atoms with Crippen molar-refractivity contribution in [2.45, 2.75) is 13.8 Å². The number of H-pyrrole nitrogens is 1. The van der Waals surface area contributed by atoms with Gasteiger partial charge in [0.1, 0.15) is 17.7 Å². The van der Waals surface area contributed by atoms with E-state index in [2.05, 4.69) is 16.0 Å². The smallest absolute Gasteiger partial charge is 0.271 e. The molecule has 2 heterocycles. The third kappa shape index (κ3) is 3.33. The number of nitro groups is 1. The Morgan fingerprint density at radius 1 is 1.27 bits per heavy atom. The van der Waals surface area contributed by atoms with Gasteiger partial charge in [-0.2, -0.15) is 5.26 Å². The first-order valence-electron chi connectivity index (χ1n) is 9.08. The Labute approximate surface area is 170 Å². The van der Waals surface area contributed by atoms with Crippen molar-refractivity contribution in [1.29, 1.82) is 5.26 Å². The van der Waals surface area contributed by atoms with Gasteiger partial charge in [0.2, 0.25) is 0 Å². The van der Waals surface area contributed by atoms with Crippen molar-refractivity contribution in [3.05, 3.63) is 87.2 Å². The van der Waals surface area contributed by atoms with Gasteiger partial charge in [-0.1, -0.05) is 6.07 Å². The number of fused-ring (bicyclic) bond motifs is 1. The Balaban J connectivity index is 1.79. The molecule has 0 aliphatic heterocycles. The zero-order chi connectivity index (χ0) is 21.4. The second kappa shape index (κ2) is 7.29. The molecule has 0 radical (unpaired) electrons. The normalized spacial score (nSPS) is 11.6. The summed E-state index contributed by atoms with van der Waals surface area (Å²) in [6.07, 6.45) is 1.70. The molecule has 0 unspecified atom stereocenters. The number of rotatable bonds is 4. The zero-order valence-electron chi connectivity index (χ0n) is 16.2. The van der Waals surface area contributed by atoms with Crippen LogP contribution in [0.1, 0.15) is 22.8 Å². The van der Waals surface area contributed by atoms with Crippen LogP contribution < -0.4 is 0 Å². The van der Waals surface area contributed by atoms with E-state index in [9.17, 15) is 19.8 Å². The third-order valence-electron chi connectivity index (χ3n) is 4.89. The molecule has 1 N–H and O–H groups in total. The van der Waals surface area contributed by atoms with Gasteiger partial charge in [0.05, 0.1) is 27.2 Å². The minimum absolute atomic E-state index is 0.00399. The van der Waals surface area contributed by atoms with Gasteiger partial charge < -0.3 is 9.55 Å². The quantitative estimate of drug-likeness (QED) is 0.293. The summed E-state index contributed by atoms with van der Waals surface area (Å²) >= 11 is 0. The van der Waals surface area contributed by atoms with E-state index in [1.807, 2.05) is 24.5 Å². The second-order valence-electron chi connectivity index (χ2n) is 6.86. The van der Waals surface area contributed by atoms with Crippen LogP contribution in [0.25, 0.3) is 28.4 Å². The zero-order valence-corrected chi connectivity index (χ0v) is 16.2. The first kappa shape index (κ1) is 19.1. The average molecular weight is 401 g/mol. The van der Waals surface area contributed by atoms with Crippen molar-refractivity contribution in [2.75, 3.05) is 0 Å². The fraction of sp³-hybridized carbons (Fsp3) is 0.0909. The highest BCUT2D eigenvalue weighted by Crippen LogP contribution is 2.27. The molecular formula is C22H16FN5O2. The largest absolute Gasteiger partial charge is 0.337 e. The van der Waals surface area contributed by atoms with Crippen LogP contribution in [0, 0.1) is 41.1 Å². The summed E-state index contributed by atoms with van der Waals surface area (Å²) < 4.78 is 15.3. The van der Waals surface area contributed by atoms with Crippen molar-refractivity contribution < 1.29 is 9.31 Å². The van der Waals surface area contributed by atoms with E-state index in [0.29, 0.717) is 28.1 Å². The van der Waals surface area contributed by atoms with Crippen LogP contribution >= 0.6 is 0 Å². The van der Waals surface area contributed by atoms with Crippen LogP contribution in [0.3, 0.4) is 0 Å². The number of benzene rings is 2. The van der Waals surface area contributed by atoms with Crippen LogP contribution in [0.5, 0.6) is 0 Å². The number of non-ortho nitro benzene ring substituents is 1. The number of nitro benzene ring substituents is 1. The van der Waals surface area contributed by atoms with Gasteiger partial charge in [-0.25, -0.2) is 9.37 Å². The summed E-state index contributed by atoms with van der Waals surface area (Å²) in [5, 5.41) is 20.8. The second-order valence-corrected chi connectivity index (χ2v) is 6.86. The molecule has 0 saturated carbocycles. The molecule has 0 bridgehead atoms. The van der Waals surface area contributed by atoms with E-state index in [1.54, 1.807) is 24.3 Å². The molecule has 0 aliphatic rings. The maximum absolute atomic E-state index is 13.4. The number of aromatic amines is 1. The van der Waals surface area contributed by atoms with Crippen molar-refractivity contribution in [3.63, 3.8) is 0 Å². The number of hydrogen-bond acceptors (Lipinski definition) is 4. The van der Waals surface area contributed by atoms with Gasteiger partial charge in [0, 0.05) is 23.5 Å². The van der Waals surface area contributed by atoms with E-state index >= 15 is 0 Å². The van der Waals surface area contributed by atoms with Crippen molar-refractivity contribution in [1.82, 2.24) is 14.5 Å². The lowest BCUT2D eigenvalue weighted by Crippen LogP contribution is -2.00. The van der Waals surface area contributed by atoms with Crippen LogP contribution in [0.2, 0.25) is 0 Å². The van der Waals surface area contributed by atoms with E-state index in [4.69, 9.17) is 0 Å². The summed E-state index contributed by atoms with van der Waals surface area (Å²) in [6, 6.07) is 14.6. The number of hydrogen-bond donors (Lipinski definition) is 1. The molecule has 0 fully saturated rings. The number of nitrogens with zero attached hydrogens (tertiary/aromatic N) is 4. The topological polar surface area (TPSA) is 101 Å². The van der Waals surface area contributed by atoms with Crippen molar-refractivity contribution in [2.24, 2.45) is 0 Å². The molecule has 4 rings (SSSR count). The van der Waals surface area contributed by atoms with Crippen molar-refractivity contribution >= 4 is 28.4 Å². The highest BCUT2D eigenvalue weighted by Gasteiger charge is 2.15. The molecule has 4 aromatic rings. The van der Waals surface area contributed by atoms with Crippen LogP contribution in [0.4, 0.5) is 10.1 Å². The Morgan fingerprint density at radius 3 is 2.80 bits per heavy atom. The van der Waals surface area contributed by atoms with Crippen LogP contribution in [-0.2, 0) is 0 Å². The Hall–Kier alpha value is -4.25. The predicted molar refractivity (Wildman–Crippen MR) is 111 cm³/mol. The van der Waals surface area contributed by atoms with Gasteiger partial charge in [-0.15, -0.1) is 0 Å². The first-order valence-corrected chi connectivity index (χ1v) is 9.08. The highest BCUT2D eigenvalue weighted by molar-refractivity contribution is 5.90. The number of aryl methyl sites for hydroxylation is 1. The SMILES string of the molecule is Cc1cc(/C=C(/C#N)c2nc3ccc(F)cc3[nH]2)c(C)n1-c1cccc([N+](=O)[O-])c1. The number of aromatic nitrogens is 3. The molecule has 2 aromatic carbocycles. The summed E-state index contributed by atoms with van der Waals surface area (Å²) in [6.45, 7) is 3.76. The van der Waals surface area contributed by atoms with Gasteiger partial charge in [-0.3, -0.25) is 10.1 Å². The minimum atomic E-state index is -0.434. The highest BCUT2D eigenvalue weighted by atomic mass is 19.1. The molecule has 7 nitrogen and oxygen atoms in total. The van der Waals surface area contributed by atoms with E-state index in [0.717, 1.165) is 17.0 Å². The molecule has 2 aromatic heterocycles. The fourth-order valence-electron chi connectivity index (χ4n) is 3.50. The maximum atomic E-state index is 13.4. The third-order valence-corrected chi connectivity index (χ3v) is 4.89. The molecule has 0 saturated heterocycles. The lowest BCUT2D eigenvalue weighted by molar-refractivity contribution is -0.384. The maximum Gasteiger partial charge on any atom is 0.271 e. The lowest BCUT2D eigenvalue weighted by Gasteiger charge is -2.09. The minimum Gasteiger partial charge on any atom is -0.337 e. The van der Waals surface area contributed by atoms with Crippen molar-refractivity contribution in [3.8, 4) is 11.8 Å². The first-order chi connectivity index (χ1) is 14.4. The standard InChI is InChI=1S/C22H16FN5O2/c1-13-8-15(14(2)27(13)18-4-3-5-19(11-18)28(29)30)9-16(12-24)22-25-20-7-6-17(23)10-21(20)26-22/h3-11H,1-2H3,(H,25,26)/b16-9-. The summed E-state index contributed by atoms with van der Waals surface area (Å²) in [5.41, 5.74) is 4.50. The molecule has 0 atom stereocenters. The van der Waals surface area contributed by atoms with Crippen LogP contribution in [0.15, 0.2) is 48.5 Å². The molecule has 148 valence electrons. The molecular weight excluding hydrogens is 385 g/mol. The lowest BCUT2D eigenvalue weighted by atomic mass is 10.1. The number of halogens is 1. The Morgan fingerprint density at radius 2 is 2.07 bits per heavy atom. The summed E-state index contributed by atoms with van der Waals surface area (Å²) in [4.78, 5) is 18.0. The summed E-state index contributed by atoms with van der Waals surface area (Å²) in [7, 11) is 0. The Bertz CT molecular complexity index is 1370. The van der Waals surface area contributed by atoms with E-state index < -0.39 is 4.92 Å². The summed E-state index contributed by atoms with van der Waals surface area (Å²) in [5.74, 6) is -0.0426. The van der Waals surface area contributed by atoms with Gasteiger partial charge in [-0.05, 0) is 55.8 Å². The van der Waals surface area contributed by atoms with E-state index in [1.165, 1.54) is 24.3 Å². The molecule has 0 aliphatic carbocycles. The van der Waals surface area contributed by atoms with E-state index in [-0.39, 0.29) is 11.5 Å². The molecule has 8 heteroatoms. The van der Waals surface area contributed by atoms with Gasteiger partial charge in [0.25, 0.3) is 5.69 Å². The average Bonchev–Trinajstić information content (AvgIpc) is 3.25. The van der Waals surface area contributed by atoms with Crippen LogP contribution in [-0.4, -0.2) is 19.5 Å².